The van der Waals surface area contributed by atoms with Gasteiger partial charge in [0.05, 0.1) is 12.7 Å². The predicted octanol–water partition coefficient (Wildman–Crippen LogP) is -0.551. The molecule has 0 saturated carbocycles. The van der Waals surface area contributed by atoms with Crippen molar-refractivity contribution in [1.29, 1.82) is 0 Å². The zero-order valence-corrected chi connectivity index (χ0v) is 7.41. The van der Waals surface area contributed by atoms with Gasteiger partial charge in [-0.3, -0.25) is 5.10 Å². The fraction of sp³-hybridized carbons (Fsp3) is 0.571. The zero-order chi connectivity index (χ0) is 9.84. The summed E-state index contributed by atoms with van der Waals surface area (Å²) in [5.74, 6) is 0.532. The molecule has 13 heavy (non-hydrogen) atoms. The number of hydrogen-bond acceptors (Lipinski definition) is 5. The van der Waals surface area contributed by atoms with Gasteiger partial charge in [-0.05, 0) is 6.92 Å². The Labute approximate surface area is 75.8 Å². The molecule has 74 valence electrons. The highest BCUT2D eigenvalue weighted by atomic mass is 16.3. The number of nitrogen functional groups attached to an aromatic ring is 1. The van der Waals surface area contributed by atoms with Crippen LogP contribution < -0.4 is 11.1 Å². The number of nitrogens with two attached hydrogens (primary N) is 1. The predicted molar refractivity (Wildman–Crippen MR) is 49.2 cm³/mol. The summed E-state index contributed by atoms with van der Waals surface area (Å²) in [6.07, 6.45) is -0.694. The van der Waals surface area contributed by atoms with Crippen LogP contribution in [0, 0.1) is 0 Å². The number of aromatic amines is 1. The van der Waals surface area contributed by atoms with Crippen LogP contribution in [0.1, 0.15) is 18.7 Å². The van der Waals surface area contributed by atoms with Gasteiger partial charge in [0.2, 0.25) is 0 Å². The fourth-order valence-electron chi connectivity index (χ4n) is 0.999. The molecule has 0 bridgehead atoms. The number of aliphatic hydroxyl groups excluding tert-OH is 2. The van der Waals surface area contributed by atoms with Gasteiger partial charge < -0.3 is 21.3 Å². The number of anilines is 2. The van der Waals surface area contributed by atoms with E-state index in [9.17, 15) is 5.11 Å². The van der Waals surface area contributed by atoms with Gasteiger partial charge in [-0.15, -0.1) is 0 Å². The quantitative estimate of drug-likeness (QED) is 0.433. The molecule has 1 atom stereocenters. The van der Waals surface area contributed by atoms with Gasteiger partial charge in [-0.1, -0.05) is 0 Å². The summed E-state index contributed by atoms with van der Waals surface area (Å²) >= 11 is 0. The van der Waals surface area contributed by atoms with Crippen molar-refractivity contribution in [1.82, 2.24) is 10.2 Å². The zero-order valence-electron chi connectivity index (χ0n) is 7.41. The molecule has 1 rings (SSSR count). The van der Waals surface area contributed by atoms with E-state index in [1.165, 1.54) is 0 Å². The highest BCUT2D eigenvalue weighted by Crippen LogP contribution is 2.23. The van der Waals surface area contributed by atoms with Crippen LogP contribution in [0.3, 0.4) is 0 Å². The molecular weight excluding hydrogens is 172 g/mol. The minimum atomic E-state index is -0.694. The Morgan fingerprint density at radius 3 is 2.85 bits per heavy atom. The molecule has 0 saturated heterocycles. The molecule has 0 spiro atoms. The van der Waals surface area contributed by atoms with Gasteiger partial charge in [-0.25, -0.2) is 0 Å². The Kier molecular flexibility index (Phi) is 3.10. The normalized spacial score (nSPS) is 12.8. The van der Waals surface area contributed by atoms with E-state index < -0.39 is 6.10 Å². The Balaban J connectivity index is 2.74. The Hall–Kier alpha value is -1.27. The molecule has 6 heteroatoms. The van der Waals surface area contributed by atoms with Crippen LogP contribution in [-0.2, 0) is 0 Å². The summed E-state index contributed by atoms with van der Waals surface area (Å²) in [5, 5.41) is 27.0. The van der Waals surface area contributed by atoms with E-state index in [4.69, 9.17) is 10.8 Å². The van der Waals surface area contributed by atoms with E-state index in [-0.39, 0.29) is 6.61 Å². The van der Waals surface area contributed by atoms with Crippen molar-refractivity contribution in [3.8, 4) is 0 Å². The highest BCUT2D eigenvalue weighted by Gasteiger charge is 2.13. The summed E-state index contributed by atoms with van der Waals surface area (Å²) in [4.78, 5) is 0. The van der Waals surface area contributed by atoms with Crippen LogP contribution >= 0.6 is 0 Å². The summed E-state index contributed by atoms with van der Waals surface area (Å²) < 4.78 is 0. The van der Waals surface area contributed by atoms with E-state index >= 15 is 0 Å². The lowest BCUT2D eigenvalue weighted by Gasteiger charge is -2.03. The first kappa shape index (κ1) is 9.82. The molecule has 0 aromatic carbocycles. The van der Waals surface area contributed by atoms with E-state index in [0.29, 0.717) is 23.7 Å². The molecule has 1 unspecified atom stereocenters. The van der Waals surface area contributed by atoms with E-state index in [1.807, 2.05) is 0 Å². The summed E-state index contributed by atoms with van der Waals surface area (Å²) in [6.45, 7) is 2.00. The van der Waals surface area contributed by atoms with E-state index in [1.54, 1.807) is 6.92 Å². The third-order valence-corrected chi connectivity index (χ3v) is 1.64. The molecule has 1 heterocycles. The van der Waals surface area contributed by atoms with E-state index in [2.05, 4.69) is 15.5 Å². The average Bonchev–Trinajstić information content (AvgIpc) is 2.43. The Morgan fingerprint density at radius 2 is 2.38 bits per heavy atom. The third-order valence-electron chi connectivity index (χ3n) is 1.64. The number of nitrogens with zero attached hydrogens (tertiary/aromatic N) is 1. The van der Waals surface area contributed by atoms with Crippen LogP contribution in [0.2, 0.25) is 0 Å². The first-order valence-electron chi connectivity index (χ1n) is 4.03. The number of aliphatic hydroxyl groups is 2. The number of H-pyrrole nitrogens is 1. The molecule has 1 aromatic rings. The molecule has 1 aromatic heterocycles. The number of aromatic nitrogens is 2. The van der Waals surface area contributed by atoms with Crippen molar-refractivity contribution >= 4 is 11.5 Å². The molecule has 0 amide bonds. The first-order chi connectivity index (χ1) is 6.16. The molecular formula is C7H14N4O2. The van der Waals surface area contributed by atoms with Crippen LogP contribution in [0.25, 0.3) is 0 Å². The van der Waals surface area contributed by atoms with Crippen LogP contribution in [0.5, 0.6) is 0 Å². The fourth-order valence-corrected chi connectivity index (χ4v) is 0.999. The van der Waals surface area contributed by atoms with E-state index in [0.717, 1.165) is 0 Å². The van der Waals surface area contributed by atoms with Gasteiger partial charge in [-0.2, -0.15) is 5.10 Å². The summed E-state index contributed by atoms with van der Waals surface area (Å²) in [6, 6.07) is 0. The van der Waals surface area contributed by atoms with Crippen LogP contribution in [-0.4, -0.2) is 33.6 Å². The van der Waals surface area contributed by atoms with Crippen molar-refractivity contribution in [3.63, 3.8) is 0 Å². The maximum Gasteiger partial charge on any atom is 0.145 e. The maximum atomic E-state index is 9.20. The summed E-state index contributed by atoms with van der Waals surface area (Å²) in [5.41, 5.74) is 6.46. The van der Waals surface area contributed by atoms with Crippen molar-refractivity contribution in [2.24, 2.45) is 0 Å². The van der Waals surface area contributed by atoms with Gasteiger partial charge >= 0.3 is 0 Å². The number of rotatable bonds is 4. The van der Waals surface area contributed by atoms with Crippen molar-refractivity contribution < 1.29 is 10.2 Å². The lowest BCUT2D eigenvalue weighted by Crippen LogP contribution is -2.07. The first-order valence-corrected chi connectivity index (χ1v) is 4.03. The molecule has 6 N–H and O–H groups in total. The highest BCUT2D eigenvalue weighted by molar-refractivity contribution is 5.64. The second kappa shape index (κ2) is 4.11. The molecule has 0 aliphatic heterocycles. The van der Waals surface area contributed by atoms with Gasteiger partial charge in [0.15, 0.2) is 0 Å². The third kappa shape index (κ3) is 2.10. The average molecular weight is 186 g/mol. The molecule has 0 aliphatic carbocycles. The van der Waals surface area contributed by atoms with Crippen molar-refractivity contribution in [2.75, 3.05) is 24.2 Å². The van der Waals surface area contributed by atoms with Gasteiger partial charge in [0, 0.05) is 6.54 Å². The minimum absolute atomic E-state index is 0.0163. The van der Waals surface area contributed by atoms with Gasteiger partial charge in [0.1, 0.15) is 17.2 Å². The second-order valence-electron chi connectivity index (χ2n) is 2.72. The second-order valence-corrected chi connectivity index (χ2v) is 2.72. The molecule has 6 nitrogen and oxygen atoms in total. The maximum absolute atomic E-state index is 9.20. The van der Waals surface area contributed by atoms with Crippen molar-refractivity contribution in [3.05, 3.63) is 5.69 Å². The summed E-state index contributed by atoms with van der Waals surface area (Å²) in [7, 11) is 0. The molecule has 0 radical (unpaired) electrons. The lowest BCUT2D eigenvalue weighted by molar-refractivity contribution is 0.195. The van der Waals surface area contributed by atoms with Crippen molar-refractivity contribution in [2.45, 2.75) is 13.0 Å². The molecule has 0 fully saturated rings. The number of hydrogen-bond donors (Lipinski definition) is 5. The smallest absolute Gasteiger partial charge is 0.145 e. The topological polar surface area (TPSA) is 107 Å². The number of nitrogens with one attached hydrogen (secondary N) is 2. The minimum Gasteiger partial charge on any atom is -0.395 e. The van der Waals surface area contributed by atoms with Gasteiger partial charge in [0.25, 0.3) is 0 Å². The lowest BCUT2D eigenvalue weighted by atomic mass is 10.2. The molecule has 0 aliphatic rings. The SMILES string of the molecule is CC(O)c1n[nH]c(NCCO)c1N. The standard InChI is InChI=1S/C7H14N4O2/c1-4(13)6-5(8)7(11-10-6)9-2-3-12/h4,12-13H,2-3,8H2,1H3,(H2,9,10,11). The Morgan fingerprint density at radius 1 is 1.69 bits per heavy atom. The van der Waals surface area contributed by atoms with Crippen LogP contribution in [0.15, 0.2) is 0 Å². The Bertz CT molecular complexity index is 271. The monoisotopic (exact) mass is 186 g/mol. The largest absolute Gasteiger partial charge is 0.395 e. The van der Waals surface area contributed by atoms with Crippen LogP contribution in [0.4, 0.5) is 11.5 Å².